The fourth-order valence-electron chi connectivity index (χ4n) is 1.85. The predicted molar refractivity (Wildman–Crippen MR) is 73.2 cm³/mol. The number of rotatable bonds is 5. The second-order valence-corrected chi connectivity index (χ2v) is 6.19. The van der Waals surface area contributed by atoms with Crippen molar-refractivity contribution in [2.45, 2.75) is 19.8 Å². The lowest BCUT2D eigenvalue weighted by molar-refractivity contribution is -0.727. The van der Waals surface area contributed by atoms with Crippen molar-refractivity contribution in [1.29, 1.82) is 0 Å². The maximum absolute atomic E-state index is 12.3. The Morgan fingerprint density at radius 2 is 2.16 bits per heavy atom. The Morgan fingerprint density at radius 3 is 2.89 bits per heavy atom. The van der Waals surface area contributed by atoms with Crippen LogP contribution in [0.4, 0.5) is 0 Å². The zero-order valence-corrected chi connectivity index (χ0v) is 12.0. The highest BCUT2D eigenvalue weighted by Gasteiger charge is 2.29. The van der Waals surface area contributed by atoms with Crippen LogP contribution in [0.1, 0.15) is 19.8 Å². The highest BCUT2D eigenvalue weighted by molar-refractivity contribution is 7.61. The summed E-state index contributed by atoms with van der Waals surface area (Å²) in [5, 5.41) is 5.23. The summed E-state index contributed by atoms with van der Waals surface area (Å²) in [5.74, 6) is 0. The number of unbranched alkanes of at least 4 members (excludes halogenated alkanes) is 1. The lowest BCUT2D eigenvalue weighted by Gasteiger charge is -2.12. The summed E-state index contributed by atoms with van der Waals surface area (Å²) in [4.78, 5) is 10.1. The van der Waals surface area contributed by atoms with E-state index in [9.17, 15) is 9.46 Å². The monoisotopic (exact) mass is 281 g/mol. The van der Waals surface area contributed by atoms with Gasteiger partial charge in [-0.05, 0) is 17.6 Å². The summed E-state index contributed by atoms with van der Waals surface area (Å²) in [6.07, 6.45) is 3.24. The van der Waals surface area contributed by atoms with Gasteiger partial charge >= 0.3 is 7.60 Å². The third-order valence-electron chi connectivity index (χ3n) is 2.82. The van der Waals surface area contributed by atoms with Crippen molar-refractivity contribution in [3.05, 3.63) is 30.5 Å². The van der Waals surface area contributed by atoms with E-state index in [1.54, 1.807) is 19.3 Å². The Balaban J connectivity index is 2.46. The normalized spacial score (nSPS) is 14.5. The largest absolute Gasteiger partial charge is 0.365 e. The molecule has 1 heterocycles. The zero-order valence-electron chi connectivity index (χ0n) is 11.1. The first-order valence-electron chi connectivity index (χ1n) is 6.28. The second-order valence-electron chi connectivity index (χ2n) is 4.41. The van der Waals surface area contributed by atoms with Crippen LogP contribution in [0, 0.1) is 0 Å². The van der Waals surface area contributed by atoms with Gasteiger partial charge in [-0.3, -0.25) is 4.57 Å². The molecule has 1 atom stereocenters. The molecule has 0 amide bonds. The van der Waals surface area contributed by atoms with Gasteiger partial charge in [0.05, 0.1) is 6.61 Å². The maximum atomic E-state index is 12.3. The van der Waals surface area contributed by atoms with Gasteiger partial charge in [-0.15, -0.1) is 0 Å². The molecule has 1 unspecified atom stereocenters. The van der Waals surface area contributed by atoms with E-state index >= 15 is 0 Å². The van der Waals surface area contributed by atoms with Crippen LogP contribution in [0.25, 0.3) is 10.9 Å². The Labute approximate surface area is 112 Å². The van der Waals surface area contributed by atoms with Gasteiger partial charge in [-0.2, -0.15) is 0 Å². The van der Waals surface area contributed by atoms with Crippen LogP contribution in [-0.4, -0.2) is 16.6 Å². The summed E-state index contributed by atoms with van der Waals surface area (Å²) in [5.41, 5.74) is 0.677. The SMILES string of the molecule is CCCCOP(=O)(O)c1c[n+](C)nc2ccccc12. The van der Waals surface area contributed by atoms with Gasteiger partial charge in [-0.25, -0.2) is 0 Å². The van der Waals surface area contributed by atoms with Crippen LogP contribution >= 0.6 is 7.60 Å². The molecule has 19 heavy (non-hydrogen) atoms. The molecule has 0 saturated heterocycles. The van der Waals surface area contributed by atoms with Gasteiger partial charge in [0, 0.05) is 5.39 Å². The van der Waals surface area contributed by atoms with Crippen molar-refractivity contribution >= 4 is 23.8 Å². The van der Waals surface area contributed by atoms with E-state index in [1.165, 1.54) is 4.68 Å². The van der Waals surface area contributed by atoms with Crippen LogP contribution in [0.2, 0.25) is 0 Å². The lowest BCUT2D eigenvalue weighted by atomic mass is 10.2. The Hall–Kier alpha value is -1.29. The van der Waals surface area contributed by atoms with E-state index in [0.29, 0.717) is 16.2 Å². The van der Waals surface area contributed by atoms with E-state index in [1.807, 2.05) is 25.1 Å². The maximum Gasteiger partial charge on any atom is 0.365 e. The van der Waals surface area contributed by atoms with Crippen LogP contribution < -0.4 is 9.99 Å². The van der Waals surface area contributed by atoms with Crippen molar-refractivity contribution in [3.63, 3.8) is 0 Å². The molecule has 2 aromatic rings. The molecule has 0 spiro atoms. The average Bonchev–Trinajstić information content (AvgIpc) is 2.38. The average molecular weight is 281 g/mol. The molecule has 102 valence electrons. The van der Waals surface area contributed by atoms with Crippen LogP contribution in [0.5, 0.6) is 0 Å². The molecular formula is C13H18N2O3P+. The van der Waals surface area contributed by atoms with Gasteiger partial charge in [0.2, 0.25) is 6.20 Å². The fraction of sp³-hybridized carbons (Fsp3) is 0.385. The molecule has 6 heteroatoms. The summed E-state index contributed by atoms with van der Waals surface area (Å²) in [6, 6.07) is 7.26. The van der Waals surface area contributed by atoms with Gasteiger partial charge < -0.3 is 9.42 Å². The van der Waals surface area contributed by atoms with Crippen molar-refractivity contribution in [2.24, 2.45) is 7.05 Å². The van der Waals surface area contributed by atoms with Gasteiger partial charge in [-0.1, -0.05) is 36.2 Å². The molecule has 0 bridgehead atoms. The minimum Gasteiger partial charge on any atom is -0.321 e. The number of aromatic nitrogens is 2. The molecule has 2 rings (SSSR count). The van der Waals surface area contributed by atoms with Crippen LogP contribution in [-0.2, 0) is 16.1 Å². The lowest BCUT2D eigenvalue weighted by Crippen LogP contribution is -2.36. The number of hydrogen-bond donors (Lipinski definition) is 1. The predicted octanol–water partition coefficient (Wildman–Crippen LogP) is 1.69. The van der Waals surface area contributed by atoms with E-state index in [0.717, 1.165) is 12.8 Å². The molecule has 1 aromatic heterocycles. The zero-order chi connectivity index (χ0) is 13.9. The van der Waals surface area contributed by atoms with Crippen LogP contribution in [0.15, 0.2) is 30.5 Å². The molecule has 0 fully saturated rings. The van der Waals surface area contributed by atoms with Gasteiger partial charge in [0.25, 0.3) is 0 Å². The molecule has 1 N–H and O–H groups in total. The van der Waals surface area contributed by atoms with Crippen molar-refractivity contribution < 1.29 is 18.7 Å². The molecule has 5 nitrogen and oxygen atoms in total. The van der Waals surface area contributed by atoms with Crippen LogP contribution in [0.3, 0.4) is 0 Å². The summed E-state index contributed by atoms with van der Waals surface area (Å²) in [7, 11) is -2.08. The highest BCUT2D eigenvalue weighted by Crippen LogP contribution is 2.42. The number of hydrogen-bond acceptors (Lipinski definition) is 3. The summed E-state index contributed by atoms with van der Waals surface area (Å²) < 4.78 is 19.1. The number of nitrogens with zero attached hydrogens (tertiary/aromatic N) is 2. The number of fused-ring (bicyclic) bond motifs is 1. The second kappa shape index (κ2) is 5.78. The third kappa shape index (κ3) is 3.18. The smallest absolute Gasteiger partial charge is 0.321 e. The number of aryl methyl sites for hydroxylation is 1. The van der Waals surface area contributed by atoms with E-state index < -0.39 is 7.60 Å². The van der Waals surface area contributed by atoms with Gasteiger partial charge in [0.1, 0.15) is 10.8 Å². The Bertz CT molecular complexity index is 630. The third-order valence-corrected chi connectivity index (χ3v) is 4.32. The molecule has 0 radical (unpaired) electrons. The molecule has 0 aliphatic rings. The molecule has 0 aliphatic heterocycles. The van der Waals surface area contributed by atoms with Gasteiger partial charge in [0.15, 0.2) is 7.05 Å². The van der Waals surface area contributed by atoms with E-state index in [-0.39, 0.29) is 6.61 Å². The molecular weight excluding hydrogens is 263 g/mol. The minimum atomic E-state index is -3.81. The first-order chi connectivity index (χ1) is 9.04. The first kappa shape index (κ1) is 14.1. The Kier molecular flexibility index (Phi) is 4.30. The Morgan fingerprint density at radius 1 is 1.42 bits per heavy atom. The van der Waals surface area contributed by atoms with E-state index in [2.05, 4.69) is 5.10 Å². The molecule has 0 saturated carbocycles. The van der Waals surface area contributed by atoms with E-state index in [4.69, 9.17) is 4.52 Å². The highest BCUT2D eigenvalue weighted by atomic mass is 31.2. The molecule has 0 aliphatic carbocycles. The van der Waals surface area contributed by atoms with Crippen molar-refractivity contribution in [1.82, 2.24) is 5.10 Å². The topological polar surface area (TPSA) is 63.3 Å². The summed E-state index contributed by atoms with van der Waals surface area (Å²) >= 11 is 0. The fourth-order valence-corrected chi connectivity index (χ4v) is 3.17. The van der Waals surface area contributed by atoms with Crippen molar-refractivity contribution in [3.8, 4) is 0 Å². The number of benzene rings is 1. The quantitative estimate of drug-likeness (QED) is 0.514. The standard InChI is InChI=1S/C13H17N2O3P/c1-3-4-9-18-19(16,17)13-10-15(2)14-12-8-6-5-7-11(12)13/h5-8,10H,3-4,9H2,1-2H3/p+1. The first-order valence-corrected chi connectivity index (χ1v) is 7.86. The molecule has 1 aromatic carbocycles. The minimum absolute atomic E-state index is 0.282. The van der Waals surface area contributed by atoms with Crippen molar-refractivity contribution in [2.75, 3.05) is 6.61 Å². The summed E-state index contributed by atoms with van der Waals surface area (Å²) in [6.45, 7) is 2.29.